The van der Waals surface area contributed by atoms with Crippen LogP contribution in [0.15, 0.2) is 55.0 Å². The van der Waals surface area contributed by atoms with Crippen molar-refractivity contribution < 1.29 is 9.18 Å². The second-order valence-corrected chi connectivity index (χ2v) is 7.04. The highest BCUT2D eigenvalue weighted by Gasteiger charge is 2.31. The van der Waals surface area contributed by atoms with Crippen LogP contribution in [-0.4, -0.2) is 38.4 Å². The van der Waals surface area contributed by atoms with Crippen molar-refractivity contribution in [3.8, 4) is 11.4 Å². The molecule has 0 unspecified atom stereocenters. The van der Waals surface area contributed by atoms with Gasteiger partial charge in [-0.1, -0.05) is 12.1 Å². The zero-order valence-electron chi connectivity index (χ0n) is 15.2. The first kappa shape index (κ1) is 17.4. The van der Waals surface area contributed by atoms with Gasteiger partial charge in [-0.3, -0.25) is 9.78 Å². The molecule has 0 saturated carbocycles. The molecule has 4 rings (SSSR count). The van der Waals surface area contributed by atoms with E-state index in [9.17, 15) is 9.18 Å². The first-order valence-corrected chi connectivity index (χ1v) is 9.05. The first-order valence-electron chi connectivity index (χ1n) is 9.05. The molecule has 1 amide bonds. The average molecular weight is 364 g/mol. The predicted octanol–water partition coefficient (Wildman–Crippen LogP) is 3.09. The Bertz CT molecular complexity index is 948. The van der Waals surface area contributed by atoms with Gasteiger partial charge in [0.15, 0.2) is 0 Å². The summed E-state index contributed by atoms with van der Waals surface area (Å²) in [5.41, 5.74) is 2.86. The van der Waals surface area contributed by atoms with Crippen molar-refractivity contribution >= 4 is 5.91 Å². The van der Waals surface area contributed by atoms with Crippen LogP contribution in [0.5, 0.6) is 0 Å². The molecule has 3 aromatic rings. The lowest BCUT2D eigenvalue weighted by atomic mass is 9.98. The summed E-state index contributed by atoms with van der Waals surface area (Å²) >= 11 is 0. The van der Waals surface area contributed by atoms with Crippen LogP contribution < -0.4 is 0 Å². The van der Waals surface area contributed by atoms with Crippen molar-refractivity contribution in [2.75, 3.05) is 13.1 Å². The maximum Gasteiger partial charge on any atom is 0.227 e. The monoisotopic (exact) mass is 364 g/mol. The molecule has 1 fully saturated rings. The van der Waals surface area contributed by atoms with Crippen LogP contribution in [-0.2, 0) is 17.8 Å². The Hall–Kier alpha value is -3.02. The standard InChI is InChI=1S/C21H21FN4O/c1-15-11-24-21(18-5-7-23-8-6-18)26(15)14-17-12-25(13-17)20(27)10-16-3-2-4-19(22)9-16/h2-9,11,17H,10,12-14H2,1H3. The summed E-state index contributed by atoms with van der Waals surface area (Å²) < 4.78 is 15.5. The average Bonchev–Trinajstić information content (AvgIpc) is 2.99. The summed E-state index contributed by atoms with van der Waals surface area (Å²) in [7, 11) is 0. The van der Waals surface area contributed by atoms with E-state index >= 15 is 0 Å². The minimum absolute atomic E-state index is 0.0496. The third-order valence-corrected chi connectivity index (χ3v) is 4.99. The fourth-order valence-electron chi connectivity index (χ4n) is 3.50. The second kappa shape index (κ2) is 7.31. The van der Waals surface area contributed by atoms with Crippen LogP contribution >= 0.6 is 0 Å². The lowest BCUT2D eigenvalue weighted by Gasteiger charge is -2.40. The molecule has 0 radical (unpaired) electrons. The molecule has 0 spiro atoms. The van der Waals surface area contributed by atoms with Crippen molar-refractivity contribution in [2.24, 2.45) is 5.92 Å². The summed E-state index contributed by atoms with van der Waals surface area (Å²) in [6, 6.07) is 10.1. The number of aryl methyl sites for hydroxylation is 1. The fraction of sp³-hybridized carbons (Fsp3) is 0.286. The maximum absolute atomic E-state index is 13.3. The number of nitrogens with zero attached hydrogens (tertiary/aromatic N) is 4. The molecule has 5 nitrogen and oxygen atoms in total. The van der Waals surface area contributed by atoms with Crippen LogP contribution in [0, 0.1) is 18.7 Å². The largest absolute Gasteiger partial charge is 0.342 e. The zero-order valence-corrected chi connectivity index (χ0v) is 15.2. The molecule has 0 aliphatic carbocycles. The molecule has 0 bridgehead atoms. The number of amides is 1. The van der Waals surface area contributed by atoms with Crippen molar-refractivity contribution in [1.29, 1.82) is 0 Å². The van der Waals surface area contributed by atoms with E-state index in [2.05, 4.69) is 14.5 Å². The molecule has 1 saturated heterocycles. The summed E-state index contributed by atoms with van der Waals surface area (Å²) in [5.74, 6) is 1.07. The summed E-state index contributed by atoms with van der Waals surface area (Å²) in [5, 5.41) is 0. The molecule has 3 heterocycles. The lowest BCUT2D eigenvalue weighted by Crippen LogP contribution is -2.52. The molecule has 0 atom stereocenters. The second-order valence-electron chi connectivity index (χ2n) is 7.04. The molecule has 6 heteroatoms. The van der Waals surface area contributed by atoms with Crippen LogP contribution in [0.3, 0.4) is 0 Å². The number of carbonyl (C=O) groups is 1. The van der Waals surface area contributed by atoms with Gasteiger partial charge in [-0.25, -0.2) is 9.37 Å². The highest BCUT2D eigenvalue weighted by Crippen LogP contribution is 2.24. The van der Waals surface area contributed by atoms with Gasteiger partial charge in [0.25, 0.3) is 0 Å². The Labute approximate surface area is 157 Å². The maximum atomic E-state index is 13.3. The van der Waals surface area contributed by atoms with Crippen molar-refractivity contribution in [3.05, 3.63) is 72.1 Å². The van der Waals surface area contributed by atoms with E-state index in [1.807, 2.05) is 30.2 Å². The number of benzene rings is 1. The third-order valence-electron chi connectivity index (χ3n) is 4.99. The van der Waals surface area contributed by atoms with Gasteiger partial charge in [0.2, 0.25) is 5.91 Å². The van der Waals surface area contributed by atoms with E-state index in [1.165, 1.54) is 12.1 Å². The van der Waals surface area contributed by atoms with E-state index in [1.54, 1.807) is 24.5 Å². The number of rotatable bonds is 5. The van der Waals surface area contributed by atoms with E-state index in [0.29, 0.717) is 11.5 Å². The number of imidazole rings is 1. The number of aromatic nitrogens is 3. The minimum atomic E-state index is -0.305. The Morgan fingerprint density at radius 3 is 2.74 bits per heavy atom. The molecule has 138 valence electrons. The van der Waals surface area contributed by atoms with Crippen LogP contribution in [0.2, 0.25) is 0 Å². The Morgan fingerprint density at radius 1 is 1.22 bits per heavy atom. The Kier molecular flexibility index (Phi) is 4.71. The summed E-state index contributed by atoms with van der Waals surface area (Å²) in [6.07, 6.45) is 5.65. The fourth-order valence-corrected chi connectivity index (χ4v) is 3.50. The molecule has 1 aromatic carbocycles. The van der Waals surface area contributed by atoms with Crippen LogP contribution in [0.25, 0.3) is 11.4 Å². The number of likely N-dealkylation sites (tertiary alicyclic amines) is 1. The Balaban J connectivity index is 1.37. The number of hydrogen-bond acceptors (Lipinski definition) is 3. The lowest BCUT2D eigenvalue weighted by molar-refractivity contribution is -0.137. The zero-order chi connectivity index (χ0) is 18.8. The molecule has 27 heavy (non-hydrogen) atoms. The molecule has 1 aliphatic rings. The predicted molar refractivity (Wildman–Crippen MR) is 100 cm³/mol. The summed E-state index contributed by atoms with van der Waals surface area (Å²) in [4.78, 5) is 22.8. The number of carbonyl (C=O) groups excluding carboxylic acids is 1. The van der Waals surface area contributed by atoms with Gasteiger partial charge in [-0.15, -0.1) is 0 Å². The molecular formula is C21H21FN4O. The minimum Gasteiger partial charge on any atom is -0.342 e. The smallest absolute Gasteiger partial charge is 0.227 e. The third kappa shape index (κ3) is 3.74. The molecule has 1 aliphatic heterocycles. The highest BCUT2D eigenvalue weighted by molar-refractivity contribution is 5.79. The van der Waals surface area contributed by atoms with Crippen LogP contribution in [0.1, 0.15) is 11.3 Å². The normalized spacial score (nSPS) is 14.2. The van der Waals surface area contributed by atoms with Gasteiger partial charge in [-0.2, -0.15) is 0 Å². The van der Waals surface area contributed by atoms with E-state index in [-0.39, 0.29) is 18.1 Å². The SMILES string of the molecule is Cc1cnc(-c2ccncc2)n1CC1CN(C(=O)Cc2cccc(F)c2)C1. The van der Waals surface area contributed by atoms with E-state index in [0.717, 1.165) is 36.7 Å². The van der Waals surface area contributed by atoms with Gasteiger partial charge in [-0.05, 0) is 36.8 Å². The van der Waals surface area contributed by atoms with Crippen LogP contribution in [0.4, 0.5) is 4.39 Å². The van der Waals surface area contributed by atoms with Crippen molar-refractivity contribution in [1.82, 2.24) is 19.4 Å². The van der Waals surface area contributed by atoms with E-state index in [4.69, 9.17) is 0 Å². The number of pyridine rings is 1. The number of hydrogen-bond donors (Lipinski definition) is 0. The highest BCUT2D eigenvalue weighted by atomic mass is 19.1. The van der Waals surface area contributed by atoms with Gasteiger partial charge in [0.05, 0.1) is 6.42 Å². The van der Waals surface area contributed by atoms with E-state index < -0.39 is 0 Å². The van der Waals surface area contributed by atoms with Crippen molar-refractivity contribution in [2.45, 2.75) is 19.9 Å². The topological polar surface area (TPSA) is 51.0 Å². The quantitative estimate of drug-likeness (QED) is 0.699. The Morgan fingerprint density at radius 2 is 2.00 bits per heavy atom. The number of halogens is 1. The summed E-state index contributed by atoms with van der Waals surface area (Å²) in [6.45, 7) is 4.32. The molecular weight excluding hydrogens is 343 g/mol. The van der Waals surface area contributed by atoms with Gasteiger partial charge in [0.1, 0.15) is 11.6 Å². The van der Waals surface area contributed by atoms with Gasteiger partial charge in [0, 0.05) is 55.4 Å². The molecule has 2 aromatic heterocycles. The van der Waals surface area contributed by atoms with Gasteiger partial charge < -0.3 is 9.47 Å². The van der Waals surface area contributed by atoms with Crippen molar-refractivity contribution in [3.63, 3.8) is 0 Å². The molecule has 0 N–H and O–H groups in total. The van der Waals surface area contributed by atoms with Gasteiger partial charge >= 0.3 is 0 Å². The first-order chi connectivity index (χ1) is 13.1.